The van der Waals surface area contributed by atoms with Crippen molar-refractivity contribution < 1.29 is 9.53 Å². The Labute approximate surface area is 224 Å². The largest absolute Gasteiger partial charge is 0.469 e. The Morgan fingerprint density at radius 1 is 1.19 bits per heavy atom. The minimum atomic E-state index is -0.219. The lowest BCUT2D eigenvalue weighted by Gasteiger charge is -2.17. The van der Waals surface area contributed by atoms with Crippen LogP contribution in [-0.2, 0) is 22.4 Å². The summed E-state index contributed by atoms with van der Waals surface area (Å²) in [5.74, 6) is 0.810. The third-order valence-electron chi connectivity index (χ3n) is 7.63. The van der Waals surface area contributed by atoms with Crippen molar-refractivity contribution in [1.29, 1.82) is 0 Å². The number of allylic oxidation sites excluding steroid dienone is 6. The van der Waals surface area contributed by atoms with Gasteiger partial charge in [-0.2, -0.15) is 0 Å². The fourth-order valence-electron chi connectivity index (χ4n) is 5.66. The first-order chi connectivity index (χ1) is 17.9. The Kier molecular flexibility index (Phi) is 9.20. The summed E-state index contributed by atoms with van der Waals surface area (Å²) in [7, 11) is 4.33. The number of carbonyl (C=O) groups is 1. The van der Waals surface area contributed by atoms with E-state index >= 15 is 0 Å². The first-order valence-electron chi connectivity index (χ1n) is 13.4. The van der Waals surface area contributed by atoms with Crippen LogP contribution in [0, 0.1) is 11.8 Å². The Bertz CT molecular complexity index is 1370. The summed E-state index contributed by atoms with van der Waals surface area (Å²) in [6.07, 6.45) is 16.4. The Morgan fingerprint density at radius 2 is 1.92 bits per heavy atom. The summed E-state index contributed by atoms with van der Waals surface area (Å²) in [4.78, 5) is 11.8. The topological polar surface area (TPSA) is 26.3 Å². The Hall–Kier alpha value is -2.92. The SMILES string of the molecule is C=CC(C)C(C1=CCC=C=c2c(-c3ccc(CC(=O)OC)cc3)cc(CC3CCCC3)cc2=C1)=C(C)P. The van der Waals surface area contributed by atoms with Crippen molar-refractivity contribution in [3.8, 4) is 11.1 Å². The summed E-state index contributed by atoms with van der Waals surface area (Å²) in [6.45, 7) is 8.44. The molecule has 0 aliphatic heterocycles. The van der Waals surface area contributed by atoms with E-state index in [0.717, 1.165) is 35.1 Å². The quantitative estimate of drug-likeness (QED) is 0.221. The van der Waals surface area contributed by atoms with Gasteiger partial charge in [0.05, 0.1) is 13.5 Å². The van der Waals surface area contributed by atoms with Gasteiger partial charge < -0.3 is 4.74 Å². The zero-order valence-electron chi connectivity index (χ0n) is 22.5. The van der Waals surface area contributed by atoms with Crippen LogP contribution in [0.2, 0.25) is 0 Å². The molecule has 0 radical (unpaired) electrons. The number of benzene rings is 2. The average molecular weight is 511 g/mol. The van der Waals surface area contributed by atoms with Gasteiger partial charge in [0, 0.05) is 5.22 Å². The first-order valence-corrected chi connectivity index (χ1v) is 14.0. The van der Waals surface area contributed by atoms with Gasteiger partial charge >= 0.3 is 5.97 Å². The molecule has 2 aromatic rings. The van der Waals surface area contributed by atoms with Gasteiger partial charge in [0.2, 0.25) is 0 Å². The van der Waals surface area contributed by atoms with Crippen LogP contribution in [0.25, 0.3) is 22.9 Å². The molecule has 192 valence electrons. The minimum Gasteiger partial charge on any atom is -0.469 e. The lowest BCUT2D eigenvalue weighted by molar-refractivity contribution is -0.139. The number of hydrogen-bond donors (Lipinski definition) is 0. The van der Waals surface area contributed by atoms with Gasteiger partial charge in [-0.05, 0) is 88.4 Å². The molecule has 0 bridgehead atoms. The van der Waals surface area contributed by atoms with Crippen LogP contribution >= 0.6 is 9.24 Å². The number of rotatable bonds is 8. The third kappa shape index (κ3) is 6.70. The summed E-state index contributed by atoms with van der Waals surface area (Å²) in [6, 6.07) is 13.1. The van der Waals surface area contributed by atoms with E-state index in [2.05, 4.69) is 77.9 Å². The van der Waals surface area contributed by atoms with Gasteiger partial charge in [0.25, 0.3) is 0 Å². The molecule has 0 spiro atoms. The fraction of sp³-hybridized carbons (Fsp3) is 0.353. The lowest BCUT2D eigenvalue weighted by atomic mass is 9.89. The van der Waals surface area contributed by atoms with Crippen LogP contribution in [0.1, 0.15) is 57.1 Å². The number of hydrogen-bond acceptors (Lipinski definition) is 2. The highest BCUT2D eigenvalue weighted by Gasteiger charge is 2.17. The fourth-order valence-corrected chi connectivity index (χ4v) is 6.09. The zero-order valence-corrected chi connectivity index (χ0v) is 23.6. The molecule has 1 fully saturated rings. The van der Waals surface area contributed by atoms with E-state index < -0.39 is 0 Å². The number of methoxy groups -OCH3 is 1. The summed E-state index contributed by atoms with van der Waals surface area (Å²) in [5.41, 5.74) is 10.9. The van der Waals surface area contributed by atoms with Crippen LogP contribution in [0.3, 0.4) is 0 Å². The standard InChI is InChI=1S/C34H39O2P/c1-5-23(2)34(24(3)37)29-12-8-9-13-31-30(22-29)19-27(18-25-10-6-7-11-25)20-32(31)28-16-14-26(15-17-28)21-33(35)36-4/h5,9,12,14-17,19-20,22-23,25H,1,6-8,10-11,18,21,37H2,2-4H3. The number of carbonyl (C=O) groups excluding carboxylic acids is 1. The molecule has 2 aliphatic rings. The smallest absolute Gasteiger partial charge is 0.309 e. The van der Waals surface area contributed by atoms with Crippen LogP contribution in [-0.4, -0.2) is 13.1 Å². The molecular weight excluding hydrogens is 471 g/mol. The molecule has 0 N–H and O–H groups in total. The van der Waals surface area contributed by atoms with E-state index in [-0.39, 0.29) is 18.3 Å². The molecular formula is C34H39O2P. The predicted molar refractivity (Wildman–Crippen MR) is 159 cm³/mol. The predicted octanol–water partition coefficient (Wildman–Crippen LogP) is 6.82. The van der Waals surface area contributed by atoms with Crippen molar-refractivity contribution in [2.45, 2.75) is 58.8 Å². The van der Waals surface area contributed by atoms with Gasteiger partial charge in [-0.25, -0.2) is 0 Å². The Balaban J connectivity index is 1.88. The molecule has 2 atom stereocenters. The number of fused-ring (bicyclic) bond motifs is 1. The highest BCUT2D eigenvalue weighted by molar-refractivity contribution is 7.22. The molecule has 1 saturated carbocycles. The molecule has 4 rings (SSSR count). The van der Waals surface area contributed by atoms with Gasteiger partial charge in [0.15, 0.2) is 0 Å². The van der Waals surface area contributed by atoms with Crippen molar-refractivity contribution in [1.82, 2.24) is 0 Å². The summed E-state index contributed by atoms with van der Waals surface area (Å²) in [5, 5.41) is 3.59. The third-order valence-corrected chi connectivity index (χ3v) is 7.94. The van der Waals surface area contributed by atoms with Gasteiger partial charge in [-0.3, -0.25) is 4.79 Å². The maximum Gasteiger partial charge on any atom is 0.309 e. The van der Waals surface area contributed by atoms with Crippen molar-refractivity contribution in [2.24, 2.45) is 11.8 Å². The Morgan fingerprint density at radius 3 is 2.57 bits per heavy atom. The van der Waals surface area contributed by atoms with E-state index in [1.807, 2.05) is 18.2 Å². The van der Waals surface area contributed by atoms with Gasteiger partial charge in [0.1, 0.15) is 0 Å². The van der Waals surface area contributed by atoms with E-state index in [4.69, 9.17) is 4.74 Å². The average Bonchev–Trinajstić information content (AvgIpc) is 3.38. The molecule has 0 amide bonds. The van der Waals surface area contributed by atoms with Crippen LogP contribution in [0.4, 0.5) is 0 Å². The van der Waals surface area contributed by atoms with Gasteiger partial charge in [-0.15, -0.1) is 21.5 Å². The van der Waals surface area contributed by atoms with E-state index in [1.54, 1.807) is 0 Å². The van der Waals surface area contributed by atoms with Crippen molar-refractivity contribution in [2.75, 3.05) is 7.11 Å². The second kappa shape index (κ2) is 12.6. The molecule has 0 aromatic heterocycles. The van der Waals surface area contributed by atoms with E-state index in [1.165, 1.54) is 65.6 Å². The van der Waals surface area contributed by atoms with E-state index in [9.17, 15) is 4.79 Å². The van der Waals surface area contributed by atoms with Crippen molar-refractivity contribution in [3.05, 3.63) is 99.2 Å². The molecule has 0 saturated heterocycles. The second-order valence-corrected chi connectivity index (χ2v) is 11.3. The normalized spacial score (nSPS) is 16.8. The summed E-state index contributed by atoms with van der Waals surface area (Å²) < 4.78 is 4.85. The minimum absolute atomic E-state index is 0.219. The molecule has 2 aromatic carbocycles. The highest BCUT2D eigenvalue weighted by atomic mass is 31.0. The number of ether oxygens (including phenoxy) is 1. The molecule has 2 aliphatic carbocycles. The zero-order chi connectivity index (χ0) is 26.4. The molecule has 3 heteroatoms. The highest BCUT2D eigenvalue weighted by Crippen LogP contribution is 2.30. The van der Waals surface area contributed by atoms with Crippen LogP contribution in [0.15, 0.2) is 77.7 Å². The van der Waals surface area contributed by atoms with Crippen molar-refractivity contribution >= 4 is 27.0 Å². The summed E-state index contributed by atoms with van der Waals surface area (Å²) >= 11 is 0. The lowest BCUT2D eigenvalue weighted by Crippen LogP contribution is -2.28. The number of esters is 1. The first kappa shape index (κ1) is 27.1. The molecule has 37 heavy (non-hydrogen) atoms. The monoisotopic (exact) mass is 510 g/mol. The van der Waals surface area contributed by atoms with E-state index in [0.29, 0.717) is 0 Å². The second-order valence-electron chi connectivity index (χ2n) is 10.4. The van der Waals surface area contributed by atoms with Crippen LogP contribution in [0.5, 0.6) is 0 Å². The maximum absolute atomic E-state index is 11.8. The van der Waals surface area contributed by atoms with Crippen LogP contribution < -0.4 is 10.4 Å². The van der Waals surface area contributed by atoms with Gasteiger partial charge in [-0.1, -0.05) is 80.4 Å². The molecule has 0 heterocycles. The van der Waals surface area contributed by atoms with Crippen molar-refractivity contribution in [3.63, 3.8) is 0 Å². The molecule has 2 nitrogen and oxygen atoms in total. The maximum atomic E-state index is 11.8. The molecule has 2 unspecified atom stereocenters.